The summed E-state index contributed by atoms with van der Waals surface area (Å²) in [7, 11) is 0. The summed E-state index contributed by atoms with van der Waals surface area (Å²) in [4.78, 5) is 10.9. The van der Waals surface area contributed by atoms with Crippen LogP contribution in [-0.4, -0.2) is 24.4 Å². The van der Waals surface area contributed by atoms with Crippen molar-refractivity contribution in [3.05, 3.63) is 0 Å². The van der Waals surface area contributed by atoms with Gasteiger partial charge in [-0.05, 0) is 24.6 Å². The third-order valence-corrected chi connectivity index (χ3v) is 1.52. The van der Waals surface area contributed by atoms with E-state index < -0.39 is 6.09 Å². The molecular weight excluding hydrogens is 200 g/mol. The number of nitrogens with one attached hydrogen (secondary N) is 2. The van der Waals surface area contributed by atoms with Crippen molar-refractivity contribution in [3.63, 3.8) is 0 Å². The number of rotatable bonds is 2. The highest BCUT2D eigenvalue weighted by molar-refractivity contribution is 7.80. The zero-order valence-corrected chi connectivity index (χ0v) is 9.96. The molecule has 0 spiro atoms. The maximum atomic E-state index is 10.9. The summed E-state index contributed by atoms with van der Waals surface area (Å²) < 4.78 is 4.67. The van der Waals surface area contributed by atoms with Crippen molar-refractivity contribution in [1.29, 1.82) is 0 Å². The van der Waals surface area contributed by atoms with Gasteiger partial charge in [-0.1, -0.05) is 20.8 Å². The largest absolute Gasteiger partial charge is 0.450 e. The van der Waals surface area contributed by atoms with E-state index in [0.717, 1.165) is 0 Å². The van der Waals surface area contributed by atoms with Crippen LogP contribution in [0.1, 0.15) is 27.7 Å². The molecule has 0 fully saturated rings. The van der Waals surface area contributed by atoms with Crippen LogP contribution in [0, 0.1) is 5.41 Å². The maximum Gasteiger partial charge on any atom is 0.413 e. The Bertz CT molecular complexity index is 211. The molecule has 0 unspecified atom stereocenters. The highest BCUT2D eigenvalue weighted by atomic mass is 32.1. The minimum atomic E-state index is -0.515. The molecule has 0 aromatic carbocycles. The predicted octanol–water partition coefficient (Wildman–Crippen LogP) is 1.65. The molecule has 1 amide bonds. The number of alkyl carbamates (subject to hydrolysis) is 1. The van der Waals surface area contributed by atoms with E-state index in [1.807, 2.05) is 0 Å². The van der Waals surface area contributed by atoms with Gasteiger partial charge in [0.15, 0.2) is 5.11 Å². The number of amides is 1. The van der Waals surface area contributed by atoms with E-state index in [1.165, 1.54) is 0 Å². The monoisotopic (exact) mass is 218 g/mol. The van der Waals surface area contributed by atoms with E-state index >= 15 is 0 Å². The lowest BCUT2D eigenvalue weighted by Crippen LogP contribution is -2.42. The van der Waals surface area contributed by atoms with Gasteiger partial charge in [-0.15, -0.1) is 0 Å². The quantitative estimate of drug-likeness (QED) is 0.692. The van der Waals surface area contributed by atoms with Crippen molar-refractivity contribution in [2.75, 3.05) is 13.2 Å². The van der Waals surface area contributed by atoms with Crippen LogP contribution in [0.2, 0.25) is 0 Å². The highest BCUT2D eigenvalue weighted by Crippen LogP contribution is 2.09. The molecule has 4 nitrogen and oxygen atoms in total. The predicted molar refractivity (Wildman–Crippen MR) is 60.2 cm³/mol. The first-order valence-corrected chi connectivity index (χ1v) is 4.97. The first kappa shape index (κ1) is 13.2. The first-order chi connectivity index (χ1) is 6.35. The molecule has 0 aliphatic rings. The molecule has 0 heterocycles. The second-order valence-corrected chi connectivity index (χ2v) is 4.50. The molecule has 82 valence electrons. The number of thiocarbonyl (C=S) groups is 1. The Morgan fingerprint density at radius 2 is 2.00 bits per heavy atom. The Labute approximate surface area is 90.4 Å². The zero-order valence-electron chi connectivity index (χ0n) is 9.14. The maximum absolute atomic E-state index is 10.9. The van der Waals surface area contributed by atoms with Crippen LogP contribution in [0.25, 0.3) is 0 Å². The summed E-state index contributed by atoms with van der Waals surface area (Å²) in [6, 6.07) is 0. The first-order valence-electron chi connectivity index (χ1n) is 4.57. The van der Waals surface area contributed by atoms with E-state index in [1.54, 1.807) is 6.92 Å². The topological polar surface area (TPSA) is 50.4 Å². The van der Waals surface area contributed by atoms with Crippen LogP contribution in [0.15, 0.2) is 0 Å². The average Bonchev–Trinajstić information content (AvgIpc) is 2.00. The van der Waals surface area contributed by atoms with Crippen molar-refractivity contribution in [3.8, 4) is 0 Å². The second kappa shape index (κ2) is 5.80. The van der Waals surface area contributed by atoms with Gasteiger partial charge in [0.25, 0.3) is 0 Å². The molecule has 0 saturated heterocycles. The lowest BCUT2D eigenvalue weighted by Gasteiger charge is -2.19. The summed E-state index contributed by atoms with van der Waals surface area (Å²) in [5.74, 6) is 0. The van der Waals surface area contributed by atoms with Gasteiger partial charge < -0.3 is 10.1 Å². The van der Waals surface area contributed by atoms with Gasteiger partial charge in [0.1, 0.15) is 0 Å². The summed E-state index contributed by atoms with van der Waals surface area (Å²) in [5, 5.41) is 5.65. The van der Waals surface area contributed by atoms with Crippen LogP contribution < -0.4 is 10.6 Å². The Balaban J connectivity index is 3.71. The van der Waals surface area contributed by atoms with Gasteiger partial charge >= 0.3 is 6.09 Å². The summed E-state index contributed by atoms with van der Waals surface area (Å²) >= 11 is 4.89. The van der Waals surface area contributed by atoms with Crippen LogP contribution in [0.4, 0.5) is 4.79 Å². The Morgan fingerprint density at radius 3 is 2.43 bits per heavy atom. The summed E-state index contributed by atoms with van der Waals surface area (Å²) in [5.41, 5.74) is 0.125. The van der Waals surface area contributed by atoms with Gasteiger partial charge in [0, 0.05) is 6.54 Å². The molecule has 0 aromatic rings. The highest BCUT2D eigenvalue weighted by Gasteiger charge is 2.11. The smallest absolute Gasteiger partial charge is 0.413 e. The molecule has 14 heavy (non-hydrogen) atoms. The third kappa shape index (κ3) is 7.79. The average molecular weight is 218 g/mol. The van der Waals surface area contributed by atoms with Crippen LogP contribution >= 0.6 is 12.2 Å². The number of ether oxygens (including phenoxy) is 1. The van der Waals surface area contributed by atoms with E-state index in [2.05, 4.69) is 36.1 Å². The SMILES string of the molecule is CCOC(=O)NC(=S)NCC(C)(C)C. The van der Waals surface area contributed by atoms with Gasteiger partial charge in [0.2, 0.25) is 0 Å². The summed E-state index contributed by atoms with van der Waals surface area (Å²) in [6.07, 6.45) is -0.515. The molecule has 0 aromatic heterocycles. The van der Waals surface area contributed by atoms with Crippen molar-refractivity contribution in [2.45, 2.75) is 27.7 Å². The van der Waals surface area contributed by atoms with Crippen LogP contribution in [0.5, 0.6) is 0 Å². The van der Waals surface area contributed by atoms with Crippen molar-refractivity contribution < 1.29 is 9.53 Å². The summed E-state index contributed by atoms with van der Waals surface area (Å²) in [6.45, 7) is 9.02. The second-order valence-electron chi connectivity index (χ2n) is 4.09. The molecule has 0 bridgehead atoms. The number of hydrogen-bond acceptors (Lipinski definition) is 3. The van der Waals surface area contributed by atoms with Crippen molar-refractivity contribution >= 4 is 23.4 Å². The van der Waals surface area contributed by atoms with Crippen LogP contribution in [-0.2, 0) is 4.74 Å². The third-order valence-electron chi connectivity index (χ3n) is 1.27. The van der Waals surface area contributed by atoms with E-state index in [0.29, 0.717) is 18.3 Å². The van der Waals surface area contributed by atoms with E-state index in [4.69, 9.17) is 12.2 Å². The molecule has 0 atom stereocenters. The van der Waals surface area contributed by atoms with Crippen molar-refractivity contribution in [2.24, 2.45) is 5.41 Å². The minimum Gasteiger partial charge on any atom is -0.450 e. The van der Waals surface area contributed by atoms with Gasteiger partial charge in [-0.3, -0.25) is 5.32 Å². The van der Waals surface area contributed by atoms with Crippen LogP contribution in [0.3, 0.4) is 0 Å². The fraction of sp³-hybridized carbons (Fsp3) is 0.778. The van der Waals surface area contributed by atoms with Gasteiger partial charge in [-0.25, -0.2) is 4.79 Å². The van der Waals surface area contributed by atoms with E-state index in [-0.39, 0.29) is 5.41 Å². The Kier molecular flexibility index (Phi) is 5.45. The molecule has 0 aliphatic heterocycles. The molecular formula is C9H18N2O2S. The lowest BCUT2D eigenvalue weighted by atomic mass is 9.97. The van der Waals surface area contributed by atoms with Gasteiger partial charge in [-0.2, -0.15) is 0 Å². The standard InChI is InChI=1S/C9H18N2O2S/c1-5-13-8(12)11-7(14)10-6-9(2,3)4/h5-6H2,1-4H3,(H2,10,11,12,14). The number of carbonyl (C=O) groups is 1. The molecule has 0 rings (SSSR count). The molecule has 0 aliphatic carbocycles. The Morgan fingerprint density at radius 1 is 1.43 bits per heavy atom. The number of hydrogen-bond donors (Lipinski definition) is 2. The lowest BCUT2D eigenvalue weighted by molar-refractivity contribution is 0.157. The number of carbonyl (C=O) groups excluding carboxylic acids is 1. The normalized spacial score (nSPS) is 10.6. The minimum absolute atomic E-state index is 0.125. The molecule has 5 heteroatoms. The zero-order chi connectivity index (χ0) is 11.2. The fourth-order valence-electron chi connectivity index (χ4n) is 0.650. The Hall–Kier alpha value is -0.840. The van der Waals surface area contributed by atoms with E-state index in [9.17, 15) is 4.79 Å². The fourth-order valence-corrected chi connectivity index (χ4v) is 0.805. The van der Waals surface area contributed by atoms with Gasteiger partial charge in [0.05, 0.1) is 6.61 Å². The van der Waals surface area contributed by atoms with Crippen molar-refractivity contribution in [1.82, 2.24) is 10.6 Å². The molecule has 2 N–H and O–H groups in total. The molecule has 0 saturated carbocycles. The molecule has 0 radical (unpaired) electrons.